The second-order valence-corrected chi connectivity index (χ2v) is 19.7. The van der Waals surface area contributed by atoms with Crippen LogP contribution in [0.1, 0.15) is 36.9 Å². The summed E-state index contributed by atoms with van der Waals surface area (Å²) in [7, 11) is 0. The monoisotopic (exact) mass is 969 g/mol. The minimum Gasteiger partial charge on any atom is -0.377 e. The van der Waals surface area contributed by atoms with Crippen LogP contribution in [0, 0.1) is 11.3 Å². The molecule has 1 N–H and O–H groups in total. The van der Waals surface area contributed by atoms with Gasteiger partial charge in [-0.25, -0.2) is 0 Å². The number of nitrogens with one attached hydrogen (secondary N) is 1. The van der Waals surface area contributed by atoms with Crippen molar-refractivity contribution >= 4 is 84.3 Å². The van der Waals surface area contributed by atoms with Gasteiger partial charge in [0.05, 0.1) is 45.7 Å². The number of hydrogen-bond acceptors (Lipinski definition) is 5. The zero-order chi connectivity index (χ0) is 50.4. The first-order valence-electron chi connectivity index (χ1n) is 26.0. The van der Waals surface area contributed by atoms with Gasteiger partial charge in [-0.05, 0) is 146 Å². The topological polar surface area (TPSA) is 55.4 Å². The van der Waals surface area contributed by atoms with Gasteiger partial charge in [0, 0.05) is 79.5 Å². The van der Waals surface area contributed by atoms with E-state index in [9.17, 15) is 5.26 Å². The largest absolute Gasteiger partial charge is 0.377 e. The van der Waals surface area contributed by atoms with Gasteiger partial charge in [-0.1, -0.05) is 135 Å². The van der Waals surface area contributed by atoms with Crippen molar-refractivity contribution < 1.29 is 0 Å². The molecule has 0 fully saturated rings. The van der Waals surface area contributed by atoms with Crippen LogP contribution in [-0.2, 0) is 13.0 Å². The Bertz CT molecular complexity index is 3910. The molecule has 0 amide bonds. The van der Waals surface area contributed by atoms with Crippen LogP contribution in [0.15, 0.2) is 260 Å². The Hall–Kier alpha value is -9.51. The number of anilines is 7. The predicted molar refractivity (Wildman–Crippen MR) is 313 cm³/mol. The average Bonchev–Trinajstić information content (AvgIpc) is 3.96. The van der Waals surface area contributed by atoms with E-state index in [4.69, 9.17) is 6.58 Å². The van der Waals surface area contributed by atoms with Crippen LogP contribution >= 0.6 is 0 Å². The minimum atomic E-state index is 0.0300. The van der Waals surface area contributed by atoms with Gasteiger partial charge in [-0.3, -0.25) is 0 Å². The highest BCUT2D eigenvalue weighted by atomic mass is 15.3. The number of aromatic nitrogens is 2. The van der Waals surface area contributed by atoms with Gasteiger partial charge in [0.2, 0.25) is 0 Å². The van der Waals surface area contributed by atoms with Gasteiger partial charge in [0.1, 0.15) is 0 Å². The fraction of sp³-hybridized carbons (Fsp3) is 0.103. The van der Waals surface area contributed by atoms with Crippen LogP contribution < -0.4 is 20.0 Å². The van der Waals surface area contributed by atoms with Crippen molar-refractivity contribution in [1.29, 1.82) is 5.26 Å². The van der Waals surface area contributed by atoms with Crippen LogP contribution in [0.5, 0.6) is 0 Å². The van der Waals surface area contributed by atoms with E-state index in [0.29, 0.717) is 12.1 Å². The molecular weight excluding hydrogens is 915 g/mol. The van der Waals surface area contributed by atoms with Gasteiger partial charge >= 0.3 is 0 Å². The maximum atomic E-state index is 10.3. The van der Waals surface area contributed by atoms with Crippen molar-refractivity contribution in [2.24, 2.45) is 0 Å². The zero-order valence-electron chi connectivity index (χ0n) is 41.8. The van der Waals surface area contributed by atoms with E-state index >= 15 is 0 Å². The van der Waals surface area contributed by atoms with E-state index in [1.807, 2.05) is 6.08 Å². The van der Waals surface area contributed by atoms with Gasteiger partial charge in [0.15, 0.2) is 0 Å². The molecule has 0 saturated heterocycles. The Morgan fingerprint density at radius 2 is 1.24 bits per heavy atom. The molecule has 0 bridgehead atoms. The average molecular weight is 970 g/mol. The summed E-state index contributed by atoms with van der Waals surface area (Å²) in [4.78, 5) is 7.21. The summed E-state index contributed by atoms with van der Waals surface area (Å²) in [5, 5.41) is 17.8. The lowest BCUT2D eigenvalue weighted by Crippen LogP contribution is -2.33. The third-order valence-corrected chi connectivity index (χ3v) is 15.1. The van der Waals surface area contributed by atoms with Crippen molar-refractivity contribution in [1.82, 2.24) is 14.5 Å². The van der Waals surface area contributed by atoms with Crippen LogP contribution in [0.4, 0.5) is 39.8 Å². The highest BCUT2D eigenvalue weighted by Gasteiger charge is 2.32. The van der Waals surface area contributed by atoms with E-state index in [1.165, 1.54) is 27.7 Å². The molecule has 1 aliphatic heterocycles. The molecule has 1 atom stereocenters. The SMILES string of the molecule is C=C(C#N)/C=C(\C(=C)Cn1c2ccccc2c2cc(N3c4ccccc4N(C4=CCCC=C4)c4ccccc43)ccc21)n1c2c(c3ccccc31)CC(NC1=C(N(c3ccccc3)c3ccccc3)CCC=C1)C=C2. The quantitative estimate of drug-likeness (QED) is 0.0977. The first-order valence-corrected chi connectivity index (χ1v) is 26.0. The summed E-state index contributed by atoms with van der Waals surface area (Å²) in [6, 6.07) is 65.3. The summed E-state index contributed by atoms with van der Waals surface area (Å²) in [6.07, 6.45) is 22.6. The lowest BCUT2D eigenvalue weighted by atomic mass is 9.96. The summed E-state index contributed by atoms with van der Waals surface area (Å²) in [5.74, 6) is 0. The molecule has 0 radical (unpaired) electrons. The molecule has 4 aliphatic rings. The van der Waals surface area contributed by atoms with Crippen molar-refractivity contribution in [3.05, 3.63) is 271 Å². The second-order valence-electron chi connectivity index (χ2n) is 19.7. The molecule has 2 aromatic heterocycles. The van der Waals surface area contributed by atoms with Gasteiger partial charge in [-0.2, -0.15) is 5.26 Å². The maximum Gasteiger partial charge on any atom is 0.0986 e. The smallest absolute Gasteiger partial charge is 0.0986 e. The van der Waals surface area contributed by atoms with Crippen LogP contribution in [0.25, 0.3) is 44.5 Å². The standard InChI is InChI=1S/C68H55N7/c1-47(45-69)42-68(75-61-32-16-13-29-55(61)56-43-49(38-40-62(56)75)70-58-30-14-17-33-63(58)72(50-22-6-3-7-23-50)51-24-8-4-9-25-51)48(2)46-71-59-31-15-12-28-54(59)57-44-53(39-41-60(57)71)74-66-36-20-18-34-64(66)73(52-26-10-5-11-27-52)65-35-19-21-37-67(65)74/h3-4,6-10,12-16,18-32,34-42,44,49,70H,1-2,5,11,17,33,43,46H2/b68-42+. The molecule has 13 rings (SSSR count). The molecule has 75 heavy (non-hydrogen) atoms. The Kier molecular flexibility index (Phi) is 11.6. The number of fused-ring (bicyclic) bond motifs is 8. The molecule has 7 nitrogen and oxygen atoms in total. The molecule has 7 heteroatoms. The maximum absolute atomic E-state index is 10.3. The van der Waals surface area contributed by atoms with E-state index < -0.39 is 0 Å². The van der Waals surface area contributed by atoms with E-state index in [0.717, 1.165) is 117 Å². The van der Waals surface area contributed by atoms with Gasteiger partial charge < -0.3 is 29.2 Å². The Balaban J connectivity index is 0.866. The van der Waals surface area contributed by atoms with E-state index in [2.05, 4.69) is 260 Å². The van der Waals surface area contributed by atoms with E-state index in [1.54, 1.807) is 0 Å². The molecule has 7 aromatic carbocycles. The molecule has 3 aliphatic carbocycles. The molecule has 9 aromatic rings. The third kappa shape index (κ3) is 7.99. The number of para-hydroxylation sites is 8. The van der Waals surface area contributed by atoms with Gasteiger partial charge in [-0.15, -0.1) is 0 Å². The molecule has 0 spiro atoms. The Labute approximate surface area is 438 Å². The molecule has 362 valence electrons. The summed E-state index contributed by atoms with van der Waals surface area (Å²) < 4.78 is 4.69. The lowest BCUT2D eigenvalue weighted by molar-refractivity contribution is 0.657. The number of allylic oxidation sites excluding steroid dienone is 10. The molecule has 0 saturated carbocycles. The van der Waals surface area contributed by atoms with Gasteiger partial charge in [0.25, 0.3) is 0 Å². The van der Waals surface area contributed by atoms with Crippen molar-refractivity contribution in [2.45, 2.75) is 44.7 Å². The van der Waals surface area contributed by atoms with Crippen LogP contribution in [0.2, 0.25) is 0 Å². The van der Waals surface area contributed by atoms with Crippen molar-refractivity contribution in [2.75, 3.05) is 14.7 Å². The number of hydrogen-bond donors (Lipinski definition) is 1. The highest BCUT2D eigenvalue weighted by Crippen LogP contribution is 2.53. The Morgan fingerprint density at radius 1 is 0.627 bits per heavy atom. The fourth-order valence-electron chi connectivity index (χ4n) is 11.8. The summed E-state index contributed by atoms with van der Waals surface area (Å²) >= 11 is 0. The Morgan fingerprint density at radius 3 is 1.92 bits per heavy atom. The zero-order valence-corrected chi connectivity index (χ0v) is 41.8. The number of benzene rings is 7. The number of rotatable bonds is 12. The molecular formula is C68H55N7. The minimum absolute atomic E-state index is 0.0300. The lowest BCUT2D eigenvalue weighted by Gasteiger charge is -2.41. The fourth-order valence-corrected chi connectivity index (χ4v) is 11.8. The first kappa shape index (κ1) is 45.4. The summed E-state index contributed by atoms with van der Waals surface area (Å²) in [5.41, 5.74) is 19.2. The molecule has 1 unspecified atom stereocenters. The van der Waals surface area contributed by atoms with Crippen molar-refractivity contribution in [3.8, 4) is 6.07 Å². The predicted octanol–water partition coefficient (Wildman–Crippen LogP) is 17.0. The van der Waals surface area contributed by atoms with Crippen LogP contribution in [-0.4, -0.2) is 15.2 Å². The number of nitrogens with zero attached hydrogens (tertiary/aromatic N) is 6. The summed E-state index contributed by atoms with van der Waals surface area (Å²) in [6.45, 7) is 9.54. The highest BCUT2D eigenvalue weighted by molar-refractivity contribution is 6.11. The van der Waals surface area contributed by atoms with E-state index in [-0.39, 0.29) is 6.04 Å². The first-order chi connectivity index (χ1) is 37.0. The third-order valence-electron chi connectivity index (χ3n) is 15.1. The number of nitriles is 1. The van der Waals surface area contributed by atoms with Crippen molar-refractivity contribution in [3.63, 3.8) is 0 Å². The normalized spacial score (nSPS) is 15.9. The van der Waals surface area contributed by atoms with Crippen LogP contribution in [0.3, 0.4) is 0 Å². The second kappa shape index (κ2) is 19.2. The molecule has 3 heterocycles.